The Bertz CT molecular complexity index is 1520. The molecule has 5 heterocycles. The Hall–Kier alpha value is -3.27. The van der Waals surface area contributed by atoms with Crippen molar-refractivity contribution in [3.8, 4) is 17.0 Å². The Labute approximate surface area is 228 Å². The highest BCUT2D eigenvalue weighted by Gasteiger charge is 2.48. The molecular weight excluding hydrogens is 530 g/mol. The van der Waals surface area contributed by atoms with Gasteiger partial charge in [-0.3, -0.25) is 19.8 Å². The molecule has 4 aromatic rings. The molecule has 2 fully saturated rings. The average molecular weight is 555 g/mol. The second kappa shape index (κ2) is 9.80. The van der Waals surface area contributed by atoms with Crippen molar-refractivity contribution in [2.24, 2.45) is 0 Å². The van der Waals surface area contributed by atoms with Crippen LogP contribution in [0.25, 0.3) is 22.2 Å². The van der Waals surface area contributed by atoms with Crippen LogP contribution in [0.3, 0.4) is 0 Å². The van der Waals surface area contributed by atoms with Crippen molar-refractivity contribution in [2.75, 3.05) is 18.0 Å². The van der Waals surface area contributed by atoms with Crippen LogP contribution in [0.15, 0.2) is 42.9 Å². The molecule has 6 rings (SSSR count). The summed E-state index contributed by atoms with van der Waals surface area (Å²) in [5, 5.41) is 12.3. The molecule has 0 radical (unpaired) electrons. The number of nitrogens with one attached hydrogen (secondary N) is 2. The first kappa shape index (κ1) is 25.0. The Balaban J connectivity index is 1.31. The van der Waals surface area contributed by atoms with Gasteiger partial charge in [0.05, 0.1) is 21.1 Å². The predicted octanol–water partition coefficient (Wildman–Crippen LogP) is 5.85. The van der Waals surface area contributed by atoms with Gasteiger partial charge in [-0.15, -0.1) is 0 Å². The van der Waals surface area contributed by atoms with Crippen LogP contribution < -0.4 is 15.0 Å². The number of pyridine rings is 2. The van der Waals surface area contributed by atoms with E-state index in [2.05, 4.69) is 25.5 Å². The summed E-state index contributed by atoms with van der Waals surface area (Å²) in [6, 6.07) is 6.87. The fraction of sp³-hybridized carbons (Fsp3) is 0.333. The number of fused-ring (bicyclic) bond motifs is 1. The van der Waals surface area contributed by atoms with E-state index in [1.807, 2.05) is 25.1 Å². The second-order valence-corrected chi connectivity index (χ2v) is 10.6. The number of piperidine rings is 1. The van der Waals surface area contributed by atoms with Crippen molar-refractivity contribution < 1.29 is 13.9 Å². The lowest BCUT2D eigenvalue weighted by Crippen LogP contribution is -2.53. The summed E-state index contributed by atoms with van der Waals surface area (Å²) in [6.45, 7) is 3.44. The van der Waals surface area contributed by atoms with E-state index >= 15 is 4.39 Å². The molecule has 2 aliphatic rings. The largest absolute Gasteiger partial charge is 0.486 e. The van der Waals surface area contributed by atoms with Gasteiger partial charge in [0.15, 0.2) is 11.6 Å². The van der Waals surface area contributed by atoms with Crippen LogP contribution in [0.1, 0.15) is 44.3 Å². The normalized spacial score (nSPS) is 17.9. The van der Waals surface area contributed by atoms with Crippen LogP contribution in [0.4, 0.5) is 10.2 Å². The van der Waals surface area contributed by atoms with Crippen LogP contribution in [0.5, 0.6) is 5.75 Å². The first-order valence-electron chi connectivity index (χ1n) is 12.5. The minimum absolute atomic E-state index is 0.0819. The summed E-state index contributed by atoms with van der Waals surface area (Å²) in [4.78, 5) is 22.8. The van der Waals surface area contributed by atoms with Crippen molar-refractivity contribution >= 4 is 45.8 Å². The third-order valence-electron chi connectivity index (χ3n) is 7.51. The lowest BCUT2D eigenvalue weighted by atomic mass is 9.85. The van der Waals surface area contributed by atoms with E-state index in [0.717, 1.165) is 43.3 Å². The molecule has 3 aromatic heterocycles. The number of benzene rings is 1. The Morgan fingerprint density at radius 1 is 1.11 bits per heavy atom. The van der Waals surface area contributed by atoms with Crippen LogP contribution in [0.2, 0.25) is 10.0 Å². The van der Waals surface area contributed by atoms with Crippen molar-refractivity contribution in [3.63, 3.8) is 0 Å². The van der Waals surface area contributed by atoms with Gasteiger partial charge in [0.1, 0.15) is 17.5 Å². The van der Waals surface area contributed by atoms with Gasteiger partial charge in [0.2, 0.25) is 5.91 Å². The van der Waals surface area contributed by atoms with E-state index in [1.54, 1.807) is 11.1 Å². The number of rotatable bonds is 5. The van der Waals surface area contributed by atoms with Gasteiger partial charge in [-0.05, 0) is 63.5 Å². The van der Waals surface area contributed by atoms with Gasteiger partial charge >= 0.3 is 0 Å². The number of carbonyl (C=O) groups excluding carboxylic acids is 1. The van der Waals surface area contributed by atoms with Gasteiger partial charge in [0.25, 0.3) is 0 Å². The number of aromatic nitrogens is 4. The second-order valence-electron chi connectivity index (χ2n) is 9.79. The van der Waals surface area contributed by atoms with Gasteiger partial charge < -0.3 is 10.1 Å². The zero-order chi connectivity index (χ0) is 26.4. The van der Waals surface area contributed by atoms with Gasteiger partial charge in [-0.1, -0.05) is 23.2 Å². The Morgan fingerprint density at radius 3 is 2.61 bits per heavy atom. The minimum Gasteiger partial charge on any atom is -0.486 e. The van der Waals surface area contributed by atoms with Gasteiger partial charge in [-0.2, -0.15) is 5.10 Å². The molecule has 196 valence electrons. The Morgan fingerprint density at radius 2 is 1.87 bits per heavy atom. The van der Waals surface area contributed by atoms with Crippen molar-refractivity contribution in [1.29, 1.82) is 0 Å². The standard InChI is InChI=1S/C27H25Cl2FN6O2/c1-15(24-19(28)13-32-14-20(24)29)38-17-2-3-22-18(11-17)25(35-34-22)16-10-21(30)26(33-12-16)36-23(37)4-5-27(36)6-8-31-9-7-27/h2-3,10-15,31H,4-9H2,1H3,(H,34,35)/t15-/m1/s1. The first-order chi connectivity index (χ1) is 18.4. The van der Waals surface area contributed by atoms with E-state index in [4.69, 9.17) is 27.9 Å². The fourth-order valence-electron chi connectivity index (χ4n) is 5.62. The molecule has 8 nitrogen and oxygen atoms in total. The van der Waals surface area contributed by atoms with Crippen LogP contribution >= 0.6 is 23.2 Å². The molecule has 2 saturated heterocycles. The first-order valence-corrected chi connectivity index (χ1v) is 13.3. The zero-order valence-corrected chi connectivity index (χ0v) is 22.1. The number of aromatic amines is 1. The number of ether oxygens (including phenoxy) is 1. The maximum Gasteiger partial charge on any atom is 0.228 e. The quantitative estimate of drug-likeness (QED) is 0.321. The van der Waals surface area contributed by atoms with E-state index in [9.17, 15) is 4.79 Å². The average Bonchev–Trinajstić information content (AvgIpc) is 3.45. The SMILES string of the molecule is C[C@@H](Oc1ccc2[nH]nc(-c3cnc(N4C(=O)CCC45CCNCC5)c(F)c3)c2c1)c1c(Cl)cncc1Cl. The lowest BCUT2D eigenvalue weighted by molar-refractivity contribution is -0.117. The third-order valence-corrected chi connectivity index (χ3v) is 8.12. The van der Waals surface area contributed by atoms with Crippen molar-refractivity contribution in [2.45, 2.75) is 44.2 Å². The van der Waals surface area contributed by atoms with Gasteiger partial charge in [0, 0.05) is 41.5 Å². The summed E-state index contributed by atoms with van der Waals surface area (Å²) in [5.74, 6) is 0.0236. The minimum atomic E-state index is -0.546. The smallest absolute Gasteiger partial charge is 0.228 e. The predicted molar refractivity (Wildman–Crippen MR) is 144 cm³/mol. The van der Waals surface area contributed by atoms with Crippen LogP contribution in [-0.4, -0.2) is 44.7 Å². The summed E-state index contributed by atoms with van der Waals surface area (Å²) < 4.78 is 21.7. The maximum atomic E-state index is 15.6. The summed E-state index contributed by atoms with van der Waals surface area (Å²) in [5.41, 5.74) is 2.04. The Kier molecular flexibility index (Phi) is 6.45. The molecule has 0 bridgehead atoms. The van der Waals surface area contributed by atoms with E-state index in [0.29, 0.717) is 39.0 Å². The molecule has 11 heteroatoms. The molecule has 2 aliphatic heterocycles. The number of halogens is 3. The van der Waals surface area contributed by atoms with E-state index in [-0.39, 0.29) is 17.3 Å². The topological polar surface area (TPSA) is 96.0 Å². The molecule has 0 aliphatic carbocycles. The third kappa shape index (κ3) is 4.28. The number of H-pyrrole nitrogens is 1. The monoisotopic (exact) mass is 554 g/mol. The molecule has 0 unspecified atom stereocenters. The van der Waals surface area contributed by atoms with Crippen LogP contribution in [0, 0.1) is 5.82 Å². The maximum absolute atomic E-state index is 15.6. The molecule has 1 amide bonds. The molecule has 1 spiro atoms. The highest BCUT2D eigenvalue weighted by molar-refractivity contribution is 6.35. The van der Waals surface area contributed by atoms with Crippen LogP contribution in [-0.2, 0) is 4.79 Å². The zero-order valence-electron chi connectivity index (χ0n) is 20.6. The van der Waals surface area contributed by atoms with E-state index in [1.165, 1.54) is 18.5 Å². The number of nitrogens with zero attached hydrogens (tertiary/aromatic N) is 4. The number of carbonyl (C=O) groups is 1. The number of hydrogen-bond acceptors (Lipinski definition) is 6. The van der Waals surface area contributed by atoms with Crippen molar-refractivity contribution in [3.05, 3.63) is 64.3 Å². The summed E-state index contributed by atoms with van der Waals surface area (Å²) in [6.07, 6.45) is 6.86. The molecule has 2 N–H and O–H groups in total. The highest BCUT2D eigenvalue weighted by Crippen LogP contribution is 2.42. The number of anilines is 1. The summed E-state index contributed by atoms with van der Waals surface area (Å²) in [7, 11) is 0. The molecule has 1 aromatic carbocycles. The van der Waals surface area contributed by atoms with E-state index < -0.39 is 11.9 Å². The fourth-order valence-corrected chi connectivity index (χ4v) is 6.29. The molecular formula is C27H25Cl2FN6O2. The van der Waals surface area contributed by atoms with Gasteiger partial charge in [-0.25, -0.2) is 9.37 Å². The molecule has 1 atom stereocenters. The molecule has 38 heavy (non-hydrogen) atoms. The van der Waals surface area contributed by atoms with Crippen molar-refractivity contribution in [1.82, 2.24) is 25.5 Å². The summed E-state index contributed by atoms with van der Waals surface area (Å²) >= 11 is 12.6. The number of hydrogen-bond donors (Lipinski definition) is 2. The lowest BCUT2D eigenvalue weighted by Gasteiger charge is -2.41. The highest BCUT2D eigenvalue weighted by atomic mass is 35.5. The molecule has 0 saturated carbocycles. The number of amides is 1.